The number of nitrogens with zero attached hydrogens (tertiary/aromatic N) is 1. The van der Waals surface area contributed by atoms with E-state index >= 15 is 0 Å². The molecule has 0 aliphatic carbocycles. The molecule has 3 nitrogen and oxygen atoms in total. The number of hydrogen-bond acceptors (Lipinski definition) is 1. The molecule has 1 aromatic heterocycles. The first-order valence-electron chi connectivity index (χ1n) is 7.60. The lowest BCUT2D eigenvalue weighted by atomic mass is 10.1. The third-order valence-electron chi connectivity index (χ3n) is 3.62. The van der Waals surface area contributed by atoms with E-state index in [2.05, 4.69) is 47.9 Å². The lowest BCUT2D eigenvalue weighted by Gasteiger charge is -1.99. The first-order valence-corrected chi connectivity index (χ1v) is 7.60. The smallest absolute Gasteiger partial charge is 0.303 e. The fourth-order valence-electron chi connectivity index (χ4n) is 2.26. The van der Waals surface area contributed by atoms with E-state index in [1.165, 1.54) is 11.1 Å². The van der Waals surface area contributed by atoms with Crippen LogP contribution in [0.15, 0.2) is 48.8 Å². The van der Waals surface area contributed by atoms with Gasteiger partial charge < -0.3 is 5.11 Å². The molecule has 3 heteroatoms. The van der Waals surface area contributed by atoms with Gasteiger partial charge in [-0.2, -0.15) is 0 Å². The van der Waals surface area contributed by atoms with Gasteiger partial charge in [0.2, 0.25) is 0 Å². The quantitative estimate of drug-likeness (QED) is 0.625. The van der Waals surface area contributed by atoms with Crippen molar-refractivity contribution in [3.8, 4) is 0 Å². The van der Waals surface area contributed by atoms with Crippen LogP contribution >= 0.6 is 0 Å². The van der Waals surface area contributed by atoms with Crippen molar-refractivity contribution in [1.29, 1.82) is 0 Å². The second kappa shape index (κ2) is 8.13. The summed E-state index contributed by atoms with van der Waals surface area (Å²) in [5, 5.41) is 8.61. The van der Waals surface area contributed by atoms with Crippen molar-refractivity contribution < 1.29 is 14.5 Å². The number of benzene rings is 1. The van der Waals surface area contributed by atoms with E-state index in [0.29, 0.717) is 0 Å². The van der Waals surface area contributed by atoms with Crippen molar-refractivity contribution in [1.82, 2.24) is 0 Å². The van der Waals surface area contributed by atoms with Crippen LogP contribution in [0.2, 0.25) is 0 Å². The van der Waals surface area contributed by atoms with Gasteiger partial charge in [-0.25, -0.2) is 4.57 Å². The van der Waals surface area contributed by atoms with Gasteiger partial charge in [-0.1, -0.05) is 36.4 Å². The van der Waals surface area contributed by atoms with E-state index < -0.39 is 5.97 Å². The van der Waals surface area contributed by atoms with Crippen LogP contribution < -0.4 is 4.57 Å². The second-order valence-corrected chi connectivity index (χ2v) is 5.41. The zero-order valence-electron chi connectivity index (χ0n) is 12.9. The Morgan fingerprint density at radius 1 is 1.09 bits per heavy atom. The number of pyridine rings is 1. The number of carboxylic acids is 1. The van der Waals surface area contributed by atoms with E-state index in [9.17, 15) is 4.79 Å². The van der Waals surface area contributed by atoms with Crippen molar-refractivity contribution >= 4 is 18.1 Å². The average molecular weight is 296 g/mol. The highest BCUT2D eigenvalue weighted by Crippen LogP contribution is 2.11. The van der Waals surface area contributed by atoms with Crippen molar-refractivity contribution in [2.75, 3.05) is 0 Å². The van der Waals surface area contributed by atoms with Crippen LogP contribution in [0.4, 0.5) is 0 Å². The van der Waals surface area contributed by atoms with E-state index in [0.717, 1.165) is 24.9 Å². The molecule has 1 N–H and O–H groups in total. The van der Waals surface area contributed by atoms with Crippen LogP contribution in [-0.2, 0) is 11.3 Å². The molecule has 0 aliphatic rings. The van der Waals surface area contributed by atoms with Crippen LogP contribution in [0.5, 0.6) is 0 Å². The maximum atomic E-state index is 10.5. The zero-order valence-corrected chi connectivity index (χ0v) is 12.9. The third kappa shape index (κ3) is 5.17. The maximum Gasteiger partial charge on any atom is 0.303 e. The summed E-state index contributed by atoms with van der Waals surface area (Å²) >= 11 is 0. The van der Waals surface area contributed by atoms with Gasteiger partial charge in [-0.15, -0.1) is 0 Å². The van der Waals surface area contributed by atoms with Gasteiger partial charge in [0.15, 0.2) is 12.4 Å². The van der Waals surface area contributed by atoms with Crippen LogP contribution in [-0.4, -0.2) is 11.1 Å². The predicted molar refractivity (Wildman–Crippen MR) is 88.2 cm³/mol. The SMILES string of the molecule is Cc1ccccc1/C=C\c1cc[n+](CCCCC(=O)O)cc1. The normalized spacial score (nSPS) is 11.0. The Morgan fingerprint density at radius 3 is 2.50 bits per heavy atom. The molecule has 0 amide bonds. The molecular formula is C19H22NO2+. The first kappa shape index (κ1) is 16.0. The Balaban J connectivity index is 1.89. The van der Waals surface area contributed by atoms with Gasteiger partial charge in [0, 0.05) is 25.0 Å². The molecular weight excluding hydrogens is 274 g/mol. The minimum Gasteiger partial charge on any atom is -0.481 e. The van der Waals surface area contributed by atoms with E-state index in [1.807, 2.05) is 24.5 Å². The number of hydrogen-bond donors (Lipinski definition) is 1. The Labute approximate surface area is 131 Å². The number of aliphatic carboxylic acids is 1. The number of aromatic nitrogens is 1. The number of aryl methyl sites for hydroxylation is 2. The third-order valence-corrected chi connectivity index (χ3v) is 3.62. The standard InChI is InChI=1S/C19H21NO2/c1-16-6-2-3-7-18(16)10-9-17-11-14-20(15-12-17)13-5-4-8-19(21)22/h2-3,6-7,9-12,14-15H,4-5,8,13H2,1H3/p+1/b10-9-. The highest BCUT2D eigenvalue weighted by Gasteiger charge is 2.02. The van der Waals surface area contributed by atoms with Crippen molar-refractivity contribution in [2.45, 2.75) is 32.7 Å². The summed E-state index contributed by atoms with van der Waals surface area (Å²) in [6.45, 7) is 2.96. The molecule has 0 fully saturated rings. The molecule has 0 unspecified atom stereocenters. The summed E-state index contributed by atoms with van der Waals surface area (Å²) in [5.74, 6) is -0.721. The summed E-state index contributed by atoms with van der Waals surface area (Å²) in [5.41, 5.74) is 3.65. The lowest BCUT2D eigenvalue weighted by molar-refractivity contribution is -0.697. The Bertz CT molecular complexity index is 645. The first-order chi connectivity index (χ1) is 10.6. The molecule has 1 aromatic carbocycles. The molecule has 0 saturated heterocycles. The number of unbranched alkanes of at least 4 members (excludes halogenated alkanes) is 1. The van der Waals surface area contributed by atoms with E-state index in [4.69, 9.17) is 5.11 Å². The highest BCUT2D eigenvalue weighted by atomic mass is 16.4. The van der Waals surface area contributed by atoms with Gasteiger partial charge in [0.1, 0.15) is 6.54 Å². The van der Waals surface area contributed by atoms with Crippen LogP contribution in [0, 0.1) is 6.92 Å². The van der Waals surface area contributed by atoms with Crippen LogP contribution in [0.25, 0.3) is 12.2 Å². The molecule has 2 rings (SSSR count). The lowest BCUT2D eigenvalue weighted by Crippen LogP contribution is -2.32. The highest BCUT2D eigenvalue weighted by molar-refractivity contribution is 5.70. The summed E-state index contributed by atoms with van der Waals surface area (Å²) in [4.78, 5) is 10.5. The molecule has 2 aromatic rings. The Morgan fingerprint density at radius 2 is 1.82 bits per heavy atom. The molecule has 0 saturated carbocycles. The summed E-state index contributed by atoms with van der Waals surface area (Å²) < 4.78 is 2.09. The molecule has 22 heavy (non-hydrogen) atoms. The van der Waals surface area contributed by atoms with Gasteiger partial charge >= 0.3 is 5.97 Å². The maximum absolute atomic E-state index is 10.5. The topological polar surface area (TPSA) is 41.2 Å². The molecule has 0 spiro atoms. The average Bonchev–Trinajstić information content (AvgIpc) is 2.52. The monoisotopic (exact) mass is 296 g/mol. The molecule has 0 bridgehead atoms. The van der Waals surface area contributed by atoms with E-state index in [1.54, 1.807) is 0 Å². The van der Waals surface area contributed by atoms with Crippen molar-refractivity contribution in [3.63, 3.8) is 0 Å². The molecule has 0 radical (unpaired) electrons. The minimum absolute atomic E-state index is 0.248. The van der Waals surface area contributed by atoms with E-state index in [-0.39, 0.29) is 6.42 Å². The summed E-state index contributed by atoms with van der Waals surface area (Å²) in [7, 11) is 0. The van der Waals surface area contributed by atoms with Crippen LogP contribution in [0.1, 0.15) is 36.0 Å². The fourth-order valence-corrected chi connectivity index (χ4v) is 2.26. The van der Waals surface area contributed by atoms with Gasteiger partial charge in [0.25, 0.3) is 0 Å². The van der Waals surface area contributed by atoms with Gasteiger partial charge in [0.05, 0.1) is 0 Å². The predicted octanol–water partition coefficient (Wildman–Crippen LogP) is 3.71. The second-order valence-electron chi connectivity index (χ2n) is 5.41. The zero-order chi connectivity index (χ0) is 15.8. The molecule has 114 valence electrons. The van der Waals surface area contributed by atoms with Crippen molar-refractivity contribution in [3.05, 3.63) is 65.5 Å². The van der Waals surface area contributed by atoms with Gasteiger partial charge in [-0.3, -0.25) is 4.79 Å². The molecule has 0 aliphatic heterocycles. The molecule has 1 heterocycles. The fraction of sp³-hybridized carbons (Fsp3) is 0.263. The number of carboxylic acid groups (broad SMARTS) is 1. The number of rotatable bonds is 7. The van der Waals surface area contributed by atoms with Crippen LogP contribution in [0.3, 0.4) is 0 Å². The number of carbonyl (C=O) groups is 1. The summed E-state index contributed by atoms with van der Waals surface area (Å²) in [6, 6.07) is 12.5. The van der Waals surface area contributed by atoms with Crippen molar-refractivity contribution in [2.24, 2.45) is 0 Å². The Kier molecular flexibility index (Phi) is 5.90. The van der Waals surface area contributed by atoms with Gasteiger partial charge in [-0.05, 0) is 30.0 Å². The summed E-state index contributed by atoms with van der Waals surface area (Å²) in [6.07, 6.45) is 10.2. The molecule has 0 atom stereocenters. The minimum atomic E-state index is -0.721. The largest absolute Gasteiger partial charge is 0.481 e. The Hall–Kier alpha value is -2.42.